The summed E-state index contributed by atoms with van der Waals surface area (Å²) in [6, 6.07) is 9.38. The summed E-state index contributed by atoms with van der Waals surface area (Å²) in [7, 11) is 1.50. The second-order valence-corrected chi connectivity index (χ2v) is 4.93. The average molecular weight is 250 g/mol. The van der Waals surface area contributed by atoms with Crippen molar-refractivity contribution in [3.8, 4) is 0 Å². The van der Waals surface area contributed by atoms with Gasteiger partial charge < -0.3 is 5.32 Å². The van der Waals surface area contributed by atoms with Crippen molar-refractivity contribution in [2.45, 2.75) is 11.8 Å². The smallest absolute Gasteiger partial charge is 0.324 e. The maximum absolute atomic E-state index is 11.6. The van der Waals surface area contributed by atoms with Crippen molar-refractivity contribution in [1.82, 2.24) is 10.2 Å². The van der Waals surface area contributed by atoms with Gasteiger partial charge in [0.15, 0.2) is 0 Å². The van der Waals surface area contributed by atoms with Crippen LogP contribution in [0.15, 0.2) is 30.3 Å². The SMILES string of the molecule is CN1C(=O)N[C@@H](CSCc2ccccc2)C1=O. The Morgan fingerprint density at radius 3 is 2.59 bits per heavy atom. The van der Waals surface area contributed by atoms with Crippen LogP contribution < -0.4 is 5.32 Å². The third-order valence-corrected chi connectivity index (χ3v) is 3.73. The summed E-state index contributed by atoms with van der Waals surface area (Å²) in [5.41, 5.74) is 1.22. The number of hydrogen-bond donors (Lipinski definition) is 1. The lowest BCUT2D eigenvalue weighted by Crippen LogP contribution is -2.31. The van der Waals surface area contributed by atoms with E-state index in [0.717, 1.165) is 10.7 Å². The number of nitrogens with zero attached hydrogens (tertiary/aromatic N) is 1. The summed E-state index contributed by atoms with van der Waals surface area (Å²) in [6.07, 6.45) is 0. The molecule has 0 bridgehead atoms. The number of rotatable bonds is 4. The Bertz CT molecular complexity index is 422. The number of hydrogen-bond acceptors (Lipinski definition) is 3. The van der Waals surface area contributed by atoms with Crippen LogP contribution in [0.2, 0.25) is 0 Å². The van der Waals surface area contributed by atoms with Crippen LogP contribution in [0.25, 0.3) is 0 Å². The summed E-state index contributed by atoms with van der Waals surface area (Å²) < 4.78 is 0. The second-order valence-electron chi connectivity index (χ2n) is 3.90. The van der Waals surface area contributed by atoms with E-state index in [1.165, 1.54) is 12.6 Å². The van der Waals surface area contributed by atoms with Crippen molar-refractivity contribution in [2.24, 2.45) is 0 Å². The minimum absolute atomic E-state index is 0.143. The van der Waals surface area contributed by atoms with E-state index in [0.29, 0.717) is 5.75 Å². The number of imide groups is 1. The fraction of sp³-hybridized carbons (Fsp3) is 0.333. The molecule has 1 heterocycles. The first kappa shape index (κ1) is 12.0. The first-order chi connectivity index (χ1) is 8.18. The molecule has 0 spiro atoms. The monoisotopic (exact) mass is 250 g/mol. The van der Waals surface area contributed by atoms with Gasteiger partial charge in [0.25, 0.3) is 5.91 Å². The van der Waals surface area contributed by atoms with Gasteiger partial charge in [-0.05, 0) is 5.56 Å². The molecule has 1 aliphatic rings. The van der Waals surface area contributed by atoms with Crippen LogP contribution in [0.1, 0.15) is 5.56 Å². The Hall–Kier alpha value is -1.49. The summed E-state index contributed by atoms with van der Waals surface area (Å²) in [6.45, 7) is 0. The summed E-state index contributed by atoms with van der Waals surface area (Å²) in [5, 5.41) is 2.66. The topological polar surface area (TPSA) is 49.4 Å². The highest BCUT2D eigenvalue weighted by atomic mass is 32.2. The van der Waals surface area contributed by atoms with Crippen molar-refractivity contribution in [1.29, 1.82) is 0 Å². The van der Waals surface area contributed by atoms with Gasteiger partial charge in [-0.1, -0.05) is 30.3 Å². The molecule has 1 aromatic rings. The molecule has 17 heavy (non-hydrogen) atoms. The van der Waals surface area contributed by atoms with Crippen molar-refractivity contribution >= 4 is 23.7 Å². The lowest BCUT2D eigenvalue weighted by Gasteiger charge is -2.07. The average Bonchev–Trinajstić information content (AvgIpc) is 2.59. The van der Waals surface area contributed by atoms with E-state index >= 15 is 0 Å². The maximum atomic E-state index is 11.6. The second kappa shape index (κ2) is 5.23. The Labute approximate surface area is 104 Å². The van der Waals surface area contributed by atoms with E-state index in [2.05, 4.69) is 5.32 Å². The van der Waals surface area contributed by atoms with Crippen LogP contribution >= 0.6 is 11.8 Å². The minimum Gasteiger partial charge on any atom is -0.325 e. The van der Waals surface area contributed by atoms with Crippen LogP contribution in [-0.2, 0) is 10.5 Å². The molecule has 0 aliphatic carbocycles. The number of nitrogens with one attached hydrogen (secondary N) is 1. The van der Waals surface area contributed by atoms with E-state index in [1.807, 2.05) is 30.3 Å². The first-order valence-corrected chi connectivity index (χ1v) is 6.53. The van der Waals surface area contributed by atoms with Crippen molar-refractivity contribution in [3.05, 3.63) is 35.9 Å². The third-order valence-electron chi connectivity index (χ3n) is 2.63. The van der Waals surface area contributed by atoms with Gasteiger partial charge >= 0.3 is 6.03 Å². The van der Waals surface area contributed by atoms with Crippen molar-refractivity contribution in [2.75, 3.05) is 12.8 Å². The first-order valence-electron chi connectivity index (χ1n) is 5.38. The van der Waals surface area contributed by atoms with Crippen molar-refractivity contribution < 1.29 is 9.59 Å². The fourth-order valence-corrected chi connectivity index (χ4v) is 2.63. The number of carbonyl (C=O) groups is 2. The number of carbonyl (C=O) groups excluding carboxylic acids is 2. The fourth-order valence-electron chi connectivity index (χ4n) is 1.62. The van der Waals surface area contributed by atoms with Gasteiger partial charge in [-0.15, -0.1) is 0 Å². The van der Waals surface area contributed by atoms with Crippen LogP contribution in [0.5, 0.6) is 0 Å². The lowest BCUT2D eigenvalue weighted by molar-refractivity contribution is -0.126. The van der Waals surface area contributed by atoms with E-state index in [-0.39, 0.29) is 18.0 Å². The number of benzene rings is 1. The van der Waals surface area contributed by atoms with Gasteiger partial charge in [-0.3, -0.25) is 9.69 Å². The van der Waals surface area contributed by atoms with Crippen LogP contribution in [0.4, 0.5) is 4.79 Å². The van der Waals surface area contributed by atoms with Gasteiger partial charge in [-0.25, -0.2) is 4.79 Å². The molecule has 1 saturated heterocycles. The van der Waals surface area contributed by atoms with Gasteiger partial charge in [0.1, 0.15) is 6.04 Å². The van der Waals surface area contributed by atoms with E-state index < -0.39 is 0 Å². The molecule has 1 aliphatic heterocycles. The predicted molar refractivity (Wildman–Crippen MR) is 67.7 cm³/mol. The minimum atomic E-state index is -0.374. The third kappa shape index (κ3) is 2.79. The normalized spacial score (nSPS) is 19.6. The molecule has 0 aromatic heterocycles. The van der Waals surface area contributed by atoms with Crippen LogP contribution in [0.3, 0.4) is 0 Å². The highest BCUT2D eigenvalue weighted by Gasteiger charge is 2.34. The number of likely N-dealkylation sites (N-methyl/N-ethyl adjacent to an activating group) is 1. The highest BCUT2D eigenvalue weighted by Crippen LogP contribution is 2.15. The molecule has 3 amide bonds. The molecule has 1 atom stereocenters. The molecule has 0 saturated carbocycles. The molecule has 2 rings (SSSR count). The molecule has 90 valence electrons. The Morgan fingerprint density at radius 2 is 2.00 bits per heavy atom. The number of urea groups is 1. The number of thioether (sulfide) groups is 1. The quantitative estimate of drug-likeness (QED) is 0.823. The molecule has 0 unspecified atom stereocenters. The van der Waals surface area contributed by atoms with Gasteiger partial charge in [0, 0.05) is 18.6 Å². The zero-order chi connectivity index (χ0) is 12.3. The zero-order valence-corrected chi connectivity index (χ0v) is 10.4. The van der Waals surface area contributed by atoms with Crippen molar-refractivity contribution in [3.63, 3.8) is 0 Å². The molecule has 0 radical (unpaired) electrons. The largest absolute Gasteiger partial charge is 0.325 e. The molecular weight excluding hydrogens is 236 g/mol. The lowest BCUT2D eigenvalue weighted by atomic mass is 10.2. The molecular formula is C12H14N2O2S. The van der Waals surface area contributed by atoms with Gasteiger partial charge in [0.05, 0.1) is 0 Å². The van der Waals surface area contributed by atoms with Crippen LogP contribution in [0, 0.1) is 0 Å². The molecule has 1 fully saturated rings. The summed E-state index contributed by atoms with van der Waals surface area (Å²) in [4.78, 5) is 23.9. The zero-order valence-electron chi connectivity index (χ0n) is 9.55. The Morgan fingerprint density at radius 1 is 1.29 bits per heavy atom. The number of amides is 3. The highest BCUT2D eigenvalue weighted by molar-refractivity contribution is 7.98. The van der Waals surface area contributed by atoms with E-state index in [1.54, 1.807) is 11.8 Å². The van der Waals surface area contributed by atoms with Crippen LogP contribution in [-0.4, -0.2) is 35.7 Å². The summed E-state index contributed by atoms with van der Waals surface area (Å²) in [5.74, 6) is 1.32. The molecule has 1 aromatic carbocycles. The molecule has 4 nitrogen and oxygen atoms in total. The molecule has 5 heteroatoms. The van der Waals surface area contributed by atoms with E-state index in [4.69, 9.17) is 0 Å². The summed E-state index contributed by atoms with van der Waals surface area (Å²) >= 11 is 1.65. The molecule has 1 N–H and O–H groups in total. The Kier molecular flexibility index (Phi) is 3.68. The Balaban J connectivity index is 1.80. The maximum Gasteiger partial charge on any atom is 0.324 e. The van der Waals surface area contributed by atoms with Gasteiger partial charge in [-0.2, -0.15) is 11.8 Å². The van der Waals surface area contributed by atoms with Gasteiger partial charge in [0.2, 0.25) is 0 Å². The van der Waals surface area contributed by atoms with E-state index in [9.17, 15) is 9.59 Å². The standard InChI is InChI=1S/C12H14N2O2S/c1-14-11(15)10(13-12(14)16)8-17-7-9-5-3-2-4-6-9/h2-6,10H,7-8H2,1H3,(H,13,16)/t10-/m0/s1. The predicted octanol–water partition coefficient (Wildman–Crippen LogP) is 1.47.